The van der Waals surface area contributed by atoms with E-state index in [0.29, 0.717) is 24.5 Å². The Bertz CT molecular complexity index is 1360. The molecule has 12 heteroatoms. The molecule has 1 fully saturated rings. The van der Waals surface area contributed by atoms with Gasteiger partial charge in [0.15, 0.2) is 0 Å². The Morgan fingerprint density at radius 2 is 1.70 bits per heavy atom. The maximum atomic E-state index is 13.1. The molecule has 0 bridgehead atoms. The number of pyridine rings is 1. The van der Waals surface area contributed by atoms with Crippen molar-refractivity contribution in [2.45, 2.75) is 12.8 Å². The molecule has 1 N–H and O–H groups in total. The van der Waals surface area contributed by atoms with Gasteiger partial charge in [0.25, 0.3) is 17.7 Å². The van der Waals surface area contributed by atoms with Crippen molar-refractivity contribution in [3.8, 4) is 10.6 Å². The lowest BCUT2D eigenvalue weighted by molar-refractivity contribution is -0.140. The first-order valence-electron chi connectivity index (χ1n) is 11.6. The molecule has 0 saturated carbocycles. The van der Waals surface area contributed by atoms with Gasteiger partial charge in [-0.25, -0.2) is 9.99 Å². The molecule has 0 atom stereocenters. The van der Waals surface area contributed by atoms with Gasteiger partial charge in [-0.15, -0.1) is 11.3 Å². The highest BCUT2D eigenvalue weighted by atomic mass is 32.1. The number of thiazole rings is 1. The van der Waals surface area contributed by atoms with Gasteiger partial charge in [-0.05, 0) is 30.7 Å². The van der Waals surface area contributed by atoms with Crippen molar-refractivity contribution >= 4 is 40.9 Å². The number of nitrogens with one attached hydrogen (secondary N) is 1. The predicted octanol–water partition coefficient (Wildman–Crippen LogP) is 1.60. The van der Waals surface area contributed by atoms with Gasteiger partial charge in [-0.2, -0.15) is 0 Å². The molecule has 188 valence electrons. The molecule has 2 aliphatic rings. The lowest BCUT2D eigenvalue weighted by Crippen LogP contribution is -2.46. The fraction of sp³-hybridized carbons (Fsp3) is 0.240. The number of hydrogen-bond donors (Lipinski definition) is 1. The fourth-order valence-corrected chi connectivity index (χ4v) is 5.01. The number of hydrogen-bond acceptors (Lipinski definition) is 8. The van der Waals surface area contributed by atoms with E-state index in [1.165, 1.54) is 21.4 Å². The number of carbonyl (C=O) groups excluding carboxylic acids is 5. The number of aromatic nitrogens is 2. The third-order valence-corrected chi connectivity index (χ3v) is 6.92. The quantitative estimate of drug-likeness (QED) is 0.470. The molecule has 2 aromatic heterocycles. The van der Waals surface area contributed by atoms with Crippen molar-refractivity contribution < 1.29 is 24.0 Å². The minimum absolute atomic E-state index is 0.00121. The van der Waals surface area contributed by atoms with Crippen LogP contribution in [-0.4, -0.2) is 80.6 Å². The van der Waals surface area contributed by atoms with E-state index in [1.54, 1.807) is 48.1 Å². The molecule has 37 heavy (non-hydrogen) atoms. The van der Waals surface area contributed by atoms with Crippen molar-refractivity contribution in [1.82, 2.24) is 30.2 Å². The minimum Gasteiger partial charge on any atom is -0.354 e. The maximum absolute atomic E-state index is 13.1. The van der Waals surface area contributed by atoms with E-state index in [-0.39, 0.29) is 41.6 Å². The largest absolute Gasteiger partial charge is 0.354 e. The van der Waals surface area contributed by atoms with Crippen LogP contribution in [0.4, 0.5) is 0 Å². The highest BCUT2D eigenvalue weighted by Gasteiger charge is 2.36. The number of fused-ring (bicyclic) bond motifs is 1. The second-order valence-corrected chi connectivity index (χ2v) is 9.28. The summed E-state index contributed by atoms with van der Waals surface area (Å²) in [6.45, 7) is 0.336. The fourth-order valence-electron chi connectivity index (χ4n) is 4.23. The summed E-state index contributed by atoms with van der Waals surface area (Å²) in [5.74, 6) is -2.29. The van der Waals surface area contributed by atoms with Gasteiger partial charge >= 0.3 is 0 Å². The zero-order valence-corrected chi connectivity index (χ0v) is 20.4. The molecule has 2 aliphatic heterocycles. The van der Waals surface area contributed by atoms with E-state index in [9.17, 15) is 24.0 Å². The average molecular weight is 519 g/mol. The van der Waals surface area contributed by atoms with Crippen molar-refractivity contribution in [3.63, 3.8) is 0 Å². The SMILES string of the molecule is O=C(CN1C(=O)c2ccccc2C1=O)NCCC(=O)N1CCCN1C(=O)c1csc(-c2cccnc2)n1. The first kappa shape index (κ1) is 24.3. The molecule has 1 saturated heterocycles. The van der Waals surface area contributed by atoms with Gasteiger partial charge < -0.3 is 5.32 Å². The summed E-state index contributed by atoms with van der Waals surface area (Å²) in [6.07, 6.45) is 3.91. The average Bonchev–Trinajstić information content (AvgIpc) is 3.66. The number of imide groups is 1. The summed E-state index contributed by atoms with van der Waals surface area (Å²) in [4.78, 5) is 72.5. The first-order valence-corrected chi connectivity index (χ1v) is 12.5. The topological polar surface area (TPSA) is 133 Å². The third kappa shape index (κ3) is 4.83. The maximum Gasteiger partial charge on any atom is 0.291 e. The number of amides is 5. The summed E-state index contributed by atoms with van der Waals surface area (Å²) in [7, 11) is 0. The lowest BCUT2D eigenvalue weighted by Gasteiger charge is -2.27. The van der Waals surface area contributed by atoms with Crippen LogP contribution in [0.2, 0.25) is 0 Å². The lowest BCUT2D eigenvalue weighted by atomic mass is 10.1. The molecule has 0 unspecified atom stereocenters. The van der Waals surface area contributed by atoms with Crippen LogP contribution in [-0.2, 0) is 9.59 Å². The molecule has 0 radical (unpaired) electrons. The molecule has 4 heterocycles. The van der Waals surface area contributed by atoms with Crippen LogP contribution in [0.25, 0.3) is 10.6 Å². The summed E-state index contributed by atoms with van der Waals surface area (Å²) in [6, 6.07) is 10.0. The molecule has 0 spiro atoms. The van der Waals surface area contributed by atoms with E-state index in [0.717, 1.165) is 10.5 Å². The zero-order valence-electron chi connectivity index (χ0n) is 19.6. The molecule has 5 amide bonds. The number of nitrogens with zero attached hydrogens (tertiary/aromatic N) is 5. The number of rotatable bonds is 7. The van der Waals surface area contributed by atoms with E-state index >= 15 is 0 Å². The standard InChI is InChI=1S/C25H22N6O5S/c32-20(14-29-23(34)17-6-1-2-7-18(17)24(29)35)27-10-8-21(33)30-11-4-12-31(30)25(36)19-15-37-22(28-19)16-5-3-9-26-13-16/h1-3,5-7,9,13,15H,4,8,10-12,14H2,(H,27,32). The van der Waals surface area contributed by atoms with Crippen molar-refractivity contribution in [3.05, 3.63) is 71.0 Å². The van der Waals surface area contributed by atoms with Gasteiger partial charge in [0.1, 0.15) is 17.2 Å². The van der Waals surface area contributed by atoms with Gasteiger partial charge in [-0.1, -0.05) is 12.1 Å². The molecular formula is C25H22N6O5S. The van der Waals surface area contributed by atoms with Crippen LogP contribution >= 0.6 is 11.3 Å². The van der Waals surface area contributed by atoms with Gasteiger partial charge in [-0.3, -0.25) is 38.9 Å². The van der Waals surface area contributed by atoms with Crippen LogP contribution in [0.5, 0.6) is 0 Å². The highest BCUT2D eigenvalue weighted by Crippen LogP contribution is 2.25. The Balaban J connectivity index is 1.13. The van der Waals surface area contributed by atoms with Crippen LogP contribution in [0.3, 0.4) is 0 Å². The zero-order chi connectivity index (χ0) is 25.9. The molecule has 1 aromatic carbocycles. The number of carbonyl (C=O) groups is 5. The predicted molar refractivity (Wildman–Crippen MR) is 132 cm³/mol. The molecule has 3 aromatic rings. The van der Waals surface area contributed by atoms with Crippen LogP contribution in [0.15, 0.2) is 54.2 Å². The summed E-state index contributed by atoms with van der Waals surface area (Å²) < 4.78 is 0. The summed E-state index contributed by atoms with van der Waals surface area (Å²) in [5, 5.41) is 7.65. The van der Waals surface area contributed by atoms with E-state index < -0.39 is 24.3 Å². The Kier molecular flexibility index (Phi) is 6.73. The monoisotopic (exact) mass is 518 g/mol. The highest BCUT2D eigenvalue weighted by molar-refractivity contribution is 7.13. The third-order valence-electron chi connectivity index (χ3n) is 6.03. The van der Waals surface area contributed by atoms with Gasteiger partial charge in [0, 0.05) is 49.4 Å². The number of hydrazine groups is 1. The van der Waals surface area contributed by atoms with Crippen molar-refractivity contribution in [2.24, 2.45) is 0 Å². The van der Waals surface area contributed by atoms with Gasteiger partial charge in [0.05, 0.1) is 11.1 Å². The van der Waals surface area contributed by atoms with E-state index in [2.05, 4.69) is 15.3 Å². The van der Waals surface area contributed by atoms with Crippen LogP contribution in [0.1, 0.15) is 44.0 Å². The van der Waals surface area contributed by atoms with Crippen molar-refractivity contribution in [1.29, 1.82) is 0 Å². The Morgan fingerprint density at radius 3 is 2.41 bits per heavy atom. The Hall–Kier alpha value is -4.45. The Morgan fingerprint density at radius 1 is 0.973 bits per heavy atom. The second kappa shape index (κ2) is 10.3. The normalized spacial score (nSPS) is 14.8. The minimum atomic E-state index is -0.554. The molecule has 11 nitrogen and oxygen atoms in total. The van der Waals surface area contributed by atoms with Crippen LogP contribution < -0.4 is 5.32 Å². The second-order valence-electron chi connectivity index (χ2n) is 8.42. The van der Waals surface area contributed by atoms with E-state index in [1.807, 2.05) is 6.07 Å². The molecular weight excluding hydrogens is 496 g/mol. The van der Waals surface area contributed by atoms with Crippen LogP contribution in [0, 0.1) is 0 Å². The summed E-state index contributed by atoms with van der Waals surface area (Å²) in [5.41, 5.74) is 1.58. The summed E-state index contributed by atoms with van der Waals surface area (Å²) >= 11 is 1.32. The first-order chi connectivity index (χ1) is 17.9. The van der Waals surface area contributed by atoms with Gasteiger partial charge in [0.2, 0.25) is 11.8 Å². The smallest absolute Gasteiger partial charge is 0.291 e. The Labute approximate surface area is 215 Å². The van der Waals surface area contributed by atoms with Crippen molar-refractivity contribution in [2.75, 3.05) is 26.2 Å². The molecule has 5 rings (SSSR count). The van der Waals surface area contributed by atoms with E-state index in [4.69, 9.17) is 0 Å². The molecule has 0 aliphatic carbocycles. The number of benzene rings is 1.